The summed E-state index contributed by atoms with van der Waals surface area (Å²) in [5, 5.41) is 4.93. The van der Waals surface area contributed by atoms with Crippen LogP contribution in [0.4, 0.5) is 4.39 Å². The standard InChI is InChI=1S/C22H27FN4OS/c23-16-6-8-17(9-7-16)27-20-4-1-3-18(20)19(24-27)15-26-10-2-5-21(26)22(28)25-11-13-29-14-12-25/h6-9,21H,1-5,10-15H2. The third-order valence-electron chi connectivity index (χ3n) is 6.41. The monoisotopic (exact) mass is 414 g/mol. The summed E-state index contributed by atoms with van der Waals surface area (Å²) in [6, 6.07) is 6.56. The van der Waals surface area contributed by atoms with E-state index >= 15 is 0 Å². The molecule has 1 aliphatic carbocycles. The van der Waals surface area contributed by atoms with E-state index in [1.807, 2.05) is 16.4 Å². The first-order valence-corrected chi connectivity index (χ1v) is 11.8. The number of halogens is 1. The Bertz CT molecular complexity index is 891. The van der Waals surface area contributed by atoms with E-state index in [9.17, 15) is 9.18 Å². The second kappa shape index (κ2) is 8.11. The van der Waals surface area contributed by atoms with E-state index in [0.29, 0.717) is 5.91 Å². The largest absolute Gasteiger partial charge is 0.340 e. The van der Waals surface area contributed by atoms with Gasteiger partial charge >= 0.3 is 0 Å². The number of rotatable bonds is 4. The predicted molar refractivity (Wildman–Crippen MR) is 113 cm³/mol. The van der Waals surface area contributed by atoms with Gasteiger partial charge in [-0.25, -0.2) is 9.07 Å². The number of aromatic nitrogens is 2. The number of carbonyl (C=O) groups excluding carboxylic acids is 1. The predicted octanol–water partition coefficient (Wildman–Crippen LogP) is 3.04. The lowest BCUT2D eigenvalue weighted by Gasteiger charge is -2.32. The Kier molecular flexibility index (Phi) is 5.35. The molecule has 7 heteroatoms. The molecule has 3 aliphatic rings. The van der Waals surface area contributed by atoms with Gasteiger partial charge in [-0.15, -0.1) is 0 Å². The molecule has 0 N–H and O–H groups in total. The first-order valence-electron chi connectivity index (χ1n) is 10.7. The number of benzene rings is 1. The normalized spacial score (nSPS) is 22.2. The number of hydrogen-bond acceptors (Lipinski definition) is 4. The summed E-state index contributed by atoms with van der Waals surface area (Å²) in [5.41, 5.74) is 4.59. The van der Waals surface area contributed by atoms with Crippen LogP contribution >= 0.6 is 11.8 Å². The summed E-state index contributed by atoms with van der Waals surface area (Å²) in [6.07, 6.45) is 5.20. The number of amides is 1. The molecule has 5 nitrogen and oxygen atoms in total. The first kappa shape index (κ1) is 19.1. The van der Waals surface area contributed by atoms with Crippen LogP contribution in [0.25, 0.3) is 5.69 Å². The molecule has 5 rings (SSSR count). The highest BCUT2D eigenvalue weighted by molar-refractivity contribution is 7.99. The first-order chi connectivity index (χ1) is 14.2. The smallest absolute Gasteiger partial charge is 0.239 e. The van der Waals surface area contributed by atoms with Crippen LogP contribution in [-0.2, 0) is 24.2 Å². The van der Waals surface area contributed by atoms with Gasteiger partial charge in [0.05, 0.1) is 17.4 Å². The van der Waals surface area contributed by atoms with Crippen LogP contribution in [0.15, 0.2) is 24.3 Å². The zero-order chi connectivity index (χ0) is 19.8. The lowest BCUT2D eigenvalue weighted by Crippen LogP contribution is -2.48. The van der Waals surface area contributed by atoms with Crippen LogP contribution in [0.2, 0.25) is 0 Å². The molecular formula is C22H27FN4OS. The third kappa shape index (κ3) is 3.70. The Morgan fingerprint density at radius 1 is 1.10 bits per heavy atom. The number of nitrogens with zero attached hydrogens (tertiary/aromatic N) is 4. The van der Waals surface area contributed by atoms with Crippen LogP contribution in [0.1, 0.15) is 36.2 Å². The van der Waals surface area contributed by atoms with Crippen LogP contribution in [0, 0.1) is 5.82 Å². The summed E-state index contributed by atoms with van der Waals surface area (Å²) in [6.45, 7) is 3.44. The van der Waals surface area contributed by atoms with Gasteiger partial charge in [0, 0.05) is 36.8 Å². The van der Waals surface area contributed by atoms with Crippen molar-refractivity contribution in [3.63, 3.8) is 0 Å². The minimum Gasteiger partial charge on any atom is -0.340 e. The Hall–Kier alpha value is -1.86. The maximum Gasteiger partial charge on any atom is 0.239 e. The number of fused-ring (bicyclic) bond motifs is 1. The third-order valence-corrected chi connectivity index (χ3v) is 7.35. The summed E-state index contributed by atoms with van der Waals surface area (Å²) < 4.78 is 15.3. The van der Waals surface area contributed by atoms with Gasteiger partial charge in [0.15, 0.2) is 0 Å². The molecule has 29 heavy (non-hydrogen) atoms. The fourth-order valence-electron chi connectivity index (χ4n) is 4.92. The van der Waals surface area contributed by atoms with E-state index in [-0.39, 0.29) is 11.9 Å². The highest BCUT2D eigenvalue weighted by Crippen LogP contribution is 2.31. The van der Waals surface area contributed by atoms with Crippen molar-refractivity contribution >= 4 is 17.7 Å². The zero-order valence-electron chi connectivity index (χ0n) is 16.6. The summed E-state index contributed by atoms with van der Waals surface area (Å²) in [7, 11) is 0. The molecule has 2 fully saturated rings. The second-order valence-electron chi connectivity index (χ2n) is 8.18. The van der Waals surface area contributed by atoms with Gasteiger partial charge in [-0.1, -0.05) is 0 Å². The minimum atomic E-state index is -0.229. The molecule has 0 saturated carbocycles. The molecule has 0 bridgehead atoms. The maximum absolute atomic E-state index is 13.4. The zero-order valence-corrected chi connectivity index (χ0v) is 17.5. The van der Waals surface area contributed by atoms with Crippen molar-refractivity contribution in [1.82, 2.24) is 19.6 Å². The van der Waals surface area contributed by atoms with Crippen molar-refractivity contribution < 1.29 is 9.18 Å². The topological polar surface area (TPSA) is 41.4 Å². The average Bonchev–Trinajstić information content (AvgIpc) is 3.47. The summed E-state index contributed by atoms with van der Waals surface area (Å²) in [4.78, 5) is 17.5. The average molecular weight is 415 g/mol. The van der Waals surface area contributed by atoms with Gasteiger partial charge in [-0.2, -0.15) is 16.9 Å². The lowest BCUT2D eigenvalue weighted by atomic mass is 10.1. The summed E-state index contributed by atoms with van der Waals surface area (Å²) in [5.74, 6) is 2.17. The Balaban J connectivity index is 1.38. The number of hydrogen-bond donors (Lipinski definition) is 0. The lowest BCUT2D eigenvalue weighted by molar-refractivity contribution is -0.135. The molecule has 1 atom stereocenters. The molecule has 154 valence electrons. The van der Waals surface area contributed by atoms with Crippen LogP contribution in [0.3, 0.4) is 0 Å². The molecule has 0 radical (unpaired) electrons. The summed E-state index contributed by atoms with van der Waals surface area (Å²) >= 11 is 1.93. The van der Waals surface area contributed by atoms with E-state index in [1.165, 1.54) is 23.4 Å². The number of thioether (sulfide) groups is 1. The molecule has 1 aromatic carbocycles. The quantitative estimate of drug-likeness (QED) is 0.771. The van der Waals surface area contributed by atoms with Crippen LogP contribution in [0.5, 0.6) is 0 Å². The van der Waals surface area contributed by atoms with Crippen molar-refractivity contribution in [2.24, 2.45) is 0 Å². The van der Waals surface area contributed by atoms with E-state index in [2.05, 4.69) is 9.80 Å². The van der Waals surface area contributed by atoms with Crippen LogP contribution < -0.4 is 0 Å². The second-order valence-corrected chi connectivity index (χ2v) is 9.40. The van der Waals surface area contributed by atoms with E-state index < -0.39 is 0 Å². The molecule has 1 aromatic heterocycles. The van der Waals surface area contributed by atoms with Gasteiger partial charge in [-0.3, -0.25) is 9.69 Å². The van der Waals surface area contributed by atoms with Crippen LogP contribution in [-0.4, -0.2) is 62.7 Å². The van der Waals surface area contributed by atoms with Crippen molar-refractivity contribution in [3.05, 3.63) is 47.0 Å². The van der Waals surface area contributed by atoms with E-state index in [1.54, 1.807) is 12.1 Å². The SMILES string of the molecule is O=C(C1CCCN1Cc1nn(-c2ccc(F)cc2)c2c1CCC2)N1CCSCC1. The Labute approximate surface area is 175 Å². The highest BCUT2D eigenvalue weighted by Gasteiger charge is 2.35. The maximum atomic E-state index is 13.4. The highest BCUT2D eigenvalue weighted by atomic mass is 32.2. The van der Waals surface area contributed by atoms with Gasteiger partial charge in [0.25, 0.3) is 0 Å². The Morgan fingerprint density at radius 2 is 1.90 bits per heavy atom. The van der Waals surface area contributed by atoms with Gasteiger partial charge < -0.3 is 4.90 Å². The molecule has 2 saturated heterocycles. The molecule has 0 spiro atoms. The Morgan fingerprint density at radius 3 is 2.69 bits per heavy atom. The molecule has 1 amide bonds. The van der Waals surface area contributed by atoms with Gasteiger partial charge in [-0.05, 0) is 68.5 Å². The van der Waals surface area contributed by atoms with Crippen molar-refractivity contribution in [3.8, 4) is 5.69 Å². The van der Waals surface area contributed by atoms with Gasteiger partial charge in [0.2, 0.25) is 5.91 Å². The van der Waals surface area contributed by atoms with Crippen molar-refractivity contribution in [1.29, 1.82) is 0 Å². The molecule has 2 aromatic rings. The molecule has 2 aliphatic heterocycles. The number of carbonyl (C=O) groups is 1. The fourth-order valence-corrected chi connectivity index (χ4v) is 5.82. The minimum absolute atomic E-state index is 0.00822. The van der Waals surface area contributed by atoms with Crippen molar-refractivity contribution in [2.75, 3.05) is 31.1 Å². The molecule has 3 heterocycles. The van der Waals surface area contributed by atoms with E-state index in [0.717, 1.165) is 81.2 Å². The van der Waals surface area contributed by atoms with Gasteiger partial charge in [0.1, 0.15) is 5.82 Å². The fraction of sp³-hybridized carbons (Fsp3) is 0.545. The van der Waals surface area contributed by atoms with Crippen molar-refractivity contribution in [2.45, 2.75) is 44.7 Å². The molecule has 1 unspecified atom stereocenters. The van der Waals surface area contributed by atoms with E-state index in [4.69, 9.17) is 5.10 Å². The number of likely N-dealkylation sites (tertiary alicyclic amines) is 1. The molecular weight excluding hydrogens is 387 g/mol.